The molecule has 0 saturated carbocycles. The number of carbonyl (C=O) groups excluding carboxylic acids is 1. The van der Waals surface area contributed by atoms with Crippen molar-refractivity contribution >= 4 is 12.0 Å². The monoisotopic (exact) mass is 258 g/mol. The van der Waals surface area contributed by atoms with E-state index >= 15 is 0 Å². The van der Waals surface area contributed by atoms with Crippen LogP contribution in [-0.4, -0.2) is 54.4 Å². The van der Waals surface area contributed by atoms with E-state index in [0.717, 1.165) is 19.4 Å². The number of hydrogen-bond acceptors (Lipinski definition) is 3. The molecule has 1 rings (SSSR count). The lowest BCUT2D eigenvalue weighted by Crippen LogP contribution is -2.47. The Morgan fingerprint density at radius 1 is 1.56 bits per heavy atom. The van der Waals surface area contributed by atoms with Crippen LogP contribution in [0.3, 0.4) is 0 Å². The molecule has 3 atom stereocenters. The van der Waals surface area contributed by atoms with Crippen molar-refractivity contribution in [3.8, 4) is 0 Å². The summed E-state index contributed by atoms with van der Waals surface area (Å²) in [7, 11) is 1.48. The van der Waals surface area contributed by atoms with Gasteiger partial charge in [0, 0.05) is 26.1 Å². The molecule has 0 radical (unpaired) electrons. The van der Waals surface area contributed by atoms with Crippen LogP contribution in [0.2, 0.25) is 0 Å². The average Bonchev–Trinajstić information content (AvgIpc) is 2.81. The highest BCUT2D eigenvalue weighted by atomic mass is 16.5. The fourth-order valence-corrected chi connectivity index (χ4v) is 2.06. The van der Waals surface area contributed by atoms with Crippen molar-refractivity contribution in [2.24, 2.45) is 5.92 Å². The van der Waals surface area contributed by atoms with Crippen molar-refractivity contribution in [3.63, 3.8) is 0 Å². The van der Waals surface area contributed by atoms with Gasteiger partial charge in [0.2, 0.25) is 0 Å². The van der Waals surface area contributed by atoms with Crippen LogP contribution >= 0.6 is 0 Å². The highest BCUT2D eigenvalue weighted by Crippen LogP contribution is 2.22. The van der Waals surface area contributed by atoms with Crippen LogP contribution in [0.4, 0.5) is 4.79 Å². The maximum Gasteiger partial charge on any atom is 0.326 e. The van der Waals surface area contributed by atoms with E-state index < -0.39 is 12.0 Å². The molecule has 2 N–H and O–H groups in total. The number of carboxylic acids is 1. The van der Waals surface area contributed by atoms with Crippen LogP contribution in [0.1, 0.15) is 26.7 Å². The highest BCUT2D eigenvalue weighted by molar-refractivity contribution is 5.82. The zero-order valence-electron chi connectivity index (χ0n) is 11.2. The van der Waals surface area contributed by atoms with Crippen LogP contribution in [0, 0.1) is 5.92 Å². The van der Waals surface area contributed by atoms with Crippen molar-refractivity contribution in [2.75, 3.05) is 20.2 Å². The summed E-state index contributed by atoms with van der Waals surface area (Å²) in [6, 6.07) is -1.18. The number of amides is 2. The van der Waals surface area contributed by atoms with Crippen LogP contribution in [0.5, 0.6) is 0 Å². The molecule has 1 heterocycles. The molecule has 3 unspecified atom stereocenters. The number of hydrogen-bond donors (Lipinski definition) is 2. The Bertz CT molecular complexity index is 308. The van der Waals surface area contributed by atoms with Gasteiger partial charge in [0.1, 0.15) is 6.04 Å². The van der Waals surface area contributed by atoms with Crippen LogP contribution in [0.25, 0.3) is 0 Å². The van der Waals surface area contributed by atoms with Gasteiger partial charge >= 0.3 is 12.0 Å². The van der Waals surface area contributed by atoms with E-state index in [4.69, 9.17) is 9.84 Å². The molecule has 0 spiro atoms. The second-order valence-corrected chi connectivity index (χ2v) is 4.68. The molecule has 18 heavy (non-hydrogen) atoms. The van der Waals surface area contributed by atoms with Crippen LogP contribution in [0.15, 0.2) is 0 Å². The maximum absolute atomic E-state index is 11.8. The molecule has 0 bridgehead atoms. The normalized spacial score (nSPS) is 24.6. The Hall–Kier alpha value is -1.30. The molecule has 2 amide bonds. The first kappa shape index (κ1) is 14.8. The van der Waals surface area contributed by atoms with Gasteiger partial charge in [-0.25, -0.2) is 9.59 Å². The third-order valence-corrected chi connectivity index (χ3v) is 3.52. The van der Waals surface area contributed by atoms with Gasteiger partial charge in [0.15, 0.2) is 0 Å². The summed E-state index contributed by atoms with van der Waals surface area (Å²) in [4.78, 5) is 23.7. The topological polar surface area (TPSA) is 78.9 Å². The summed E-state index contributed by atoms with van der Waals surface area (Å²) >= 11 is 0. The van der Waals surface area contributed by atoms with Gasteiger partial charge in [0.05, 0.1) is 6.10 Å². The molecule has 0 aromatic carbocycles. The lowest BCUT2D eigenvalue weighted by molar-refractivity contribution is -0.141. The summed E-state index contributed by atoms with van der Waals surface area (Å²) in [5.74, 6) is -0.684. The molecular formula is C12H22N2O4. The van der Waals surface area contributed by atoms with E-state index in [1.54, 1.807) is 0 Å². The van der Waals surface area contributed by atoms with Gasteiger partial charge in [-0.1, -0.05) is 6.92 Å². The quantitative estimate of drug-likeness (QED) is 0.768. The van der Waals surface area contributed by atoms with Crippen molar-refractivity contribution in [2.45, 2.75) is 38.8 Å². The number of ether oxygens (including phenoxy) is 1. The Morgan fingerprint density at radius 3 is 2.78 bits per heavy atom. The minimum Gasteiger partial charge on any atom is -0.480 e. The molecule has 1 aliphatic rings. The van der Waals surface area contributed by atoms with Gasteiger partial charge < -0.3 is 20.1 Å². The minimum absolute atomic E-state index is 0.201. The first-order valence-electron chi connectivity index (χ1n) is 6.32. The van der Waals surface area contributed by atoms with Crippen LogP contribution in [-0.2, 0) is 9.53 Å². The molecule has 1 saturated heterocycles. The molecule has 6 nitrogen and oxygen atoms in total. The Balaban J connectivity index is 2.38. The predicted molar refractivity (Wildman–Crippen MR) is 66.4 cm³/mol. The maximum atomic E-state index is 11.8. The lowest BCUT2D eigenvalue weighted by Gasteiger charge is -2.24. The van der Waals surface area contributed by atoms with E-state index in [2.05, 4.69) is 12.2 Å². The Morgan fingerprint density at radius 2 is 2.22 bits per heavy atom. The molecule has 104 valence electrons. The van der Waals surface area contributed by atoms with Gasteiger partial charge in [-0.2, -0.15) is 0 Å². The van der Waals surface area contributed by atoms with Gasteiger partial charge in [-0.15, -0.1) is 0 Å². The standard InChI is InChI=1S/C12H22N2O4/c1-4-10-9(5-6-18-10)7-13-12(17)14(3)8(2)11(15)16/h8-10H,4-7H2,1-3H3,(H,13,17)(H,15,16). The number of likely N-dealkylation sites (N-methyl/N-ethyl adjacent to an activating group) is 1. The zero-order chi connectivity index (χ0) is 13.7. The fraction of sp³-hybridized carbons (Fsp3) is 0.833. The second-order valence-electron chi connectivity index (χ2n) is 4.68. The molecule has 1 aliphatic heterocycles. The summed E-state index contributed by atoms with van der Waals surface area (Å²) in [5, 5.41) is 11.6. The van der Waals surface area contributed by atoms with Crippen molar-refractivity contribution in [3.05, 3.63) is 0 Å². The lowest BCUT2D eigenvalue weighted by atomic mass is 10.00. The molecule has 0 aromatic heterocycles. The Labute approximate surface area is 107 Å². The molecule has 0 aromatic rings. The summed E-state index contributed by atoms with van der Waals surface area (Å²) in [6.07, 6.45) is 2.08. The van der Waals surface area contributed by atoms with Crippen molar-refractivity contribution in [1.82, 2.24) is 10.2 Å². The molecule has 1 fully saturated rings. The number of aliphatic carboxylic acids is 1. The molecule has 0 aliphatic carbocycles. The summed E-state index contributed by atoms with van der Waals surface area (Å²) in [6.45, 7) is 4.81. The number of urea groups is 1. The smallest absolute Gasteiger partial charge is 0.326 e. The van der Waals surface area contributed by atoms with E-state index in [-0.39, 0.29) is 12.1 Å². The van der Waals surface area contributed by atoms with E-state index in [9.17, 15) is 9.59 Å². The highest BCUT2D eigenvalue weighted by Gasteiger charge is 2.28. The molecule has 6 heteroatoms. The van der Waals surface area contributed by atoms with Gasteiger partial charge in [-0.05, 0) is 19.8 Å². The average molecular weight is 258 g/mol. The second kappa shape index (κ2) is 6.58. The zero-order valence-corrected chi connectivity index (χ0v) is 11.2. The largest absolute Gasteiger partial charge is 0.480 e. The van der Waals surface area contributed by atoms with E-state index in [0.29, 0.717) is 12.5 Å². The first-order valence-corrected chi connectivity index (χ1v) is 6.32. The number of rotatable bonds is 5. The number of carbonyl (C=O) groups is 2. The van der Waals surface area contributed by atoms with E-state index in [1.165, 1.54) is 18.9 Å². The SMILES string of the molecule is CCC1OCCC1CNC(=O)N(C)C(C)C(=O)O. The minimum atomic E-state index is -1.01. The summed E-state index contributed by atoms with van der Waals surface area (Å²) in [5.41, 5.74) is 0. The van der Waals surface area contributed by atoms with Gasteiger partial charge in [-0.3, -0.25) is 0 Å². The molecular weight excluding hydrogens is 236 g/mol. The fourth-order valence-electron chi connectivity index (χ4n) is 2.06. The Kier molecular flexibility index (Phi) is 5.40. The van der Waals surface area contributed by atoms with Gasteiger partial charge in [0.25, 0.3) is 0 Å². The van der Waals surface area contributed by atoms with E-state index in [1.807, 2.05) is 0 Å². The van der Waals surface area contributed by atoms with Crippen molar-refractivity contribution in [1.29, 1.82) is 0 Å². The third-order valence-electron chi connectivity index (χ3n) is 3.52. The van der Waals surface area contributed by atoms with Crippen molar-refractivity contribution < 1.29 is 19.4 Å². The van der Waals surface area contributed by atoms with Crippen LogP contribution < -0.4 is 5.32 Å². The first-order chi connectivity index (χ1) is 8.47. The number of carboxylic acid groups (broad SMARTS) is 1. The number of nitrogens with zero attached hydrogens (tertiary/aromatic N) is 1. The number of nitrogens with one attached hydrogen (secondary N) is 1. The third kappa shape index (κ3) is 3.60. The predicted octanol–water partition coefficient (Wildman–Crippen LogP) is 0.916. The summed E-state index contributed by atoms with van der Waals surface area (Å²) < 4.78 is 5.53.